The summed E-state index contributed by atoms with van der Waals surface area (Å²) in [5, 5.41) is 15.8. The number of alkyl carbamates (subject to hydrolysis) is 1. The highest BCUT2D eigenvalue weighted by molar-refractivity contribution is 7.98. The molecule has 0 bridgehead atoms. The van der Waals surface area contributed by atoms with E-state index in [4.69, 9.17) is 4.74 Å². The Bertz CT molecular complexity index is 1110. The van der Waals surface area contributed by atoms with Crippen molar-refractivity contribution >= 4 is 35.4 Å². The topological polar surface area (TPSA) is 108 Å². The Hall–Kier alpha value is -3.20. The maximum absolute atomic E-state index is 14.2. The lowest BCUT2D eigenvalue weighted by atomic mass is 10.0. The fraction of sp³-hybridized carbons (Fsp3) is 0.516. The molecule has 40 heavy (non-hydrogen) atoms. The number of carbonyl (C=O) groups excluding carboxylic acids is 3. The van der Waals surface area contributed by atoms with E-state index in [9.17, 15) is 19.5 Å². The number of hydrogen-bond donors (Lipinski definition) is 3. The van der Waals surface area contributed by atoms with Crippen LogP contribution in [0.4, 0.5) is 10.5 Å². The first kappa shape index (κ1) is 33.0. The zero-order valence-electron chi connectivity index (χ0n) is 24.9. The minimum Gasteiger partial charge on any atom is -0.508 e. The van der Waals surface area contributed by atoms with Crippen LogP contribution >= 0.6 is 11.8 Å². The second-order valence-corrected chi connectivity index (χ2v) is 12.0. The Labute approximate surface area is 243 Å². The van der Waals surface area contributed by atoms with Crippen LogP contribution in [0.25, 0.3) is 0 Å². The molecule has 0 radical (unpaired) electrons. The number of nitrogens with zero attached hydrogens (tertiary/aromatic N) is 1. The molecule has 2 aromatic rings. The molecule has 3 N–H and O–H groups in total. The van der Waals surface area contributed by atoms with Gasteiger partial charge in [0, 0.05) is 12.2 Å². The van der Waals surface area contributed by atoms with Crippen molar-refractivity contribution in [3.63, 3.8) is 0 Å². The minimum atomic E-state index is -0.985. The van der Waals surface area contributed by atoms with Crippen molar-refractivity contribution in [3.8, 4) is 5.75 Å². The number of ether oxygens (including phenoxy) is 1. The van der Waals surface area contributed by atoms with Crippen molar-refractivity contribution < 1.29 is 24.2 Å². The van der Waals surface area contributed by atoms with Crippen LogP contribution in [0.15, 0.2) is 42.5 Å². The zero-order chi connectivity index (χ0) is 29.9. The monoisotopic (exact) mass is 571 g/mol. The maximum atomic E-state index is 14.2. The van der Waals surface area contributed by atoms with Crippen LogP contribution in [0.5, 0.6) is 5.75 Å². The van der Waals surface area contributed by atoms with E-state index in [0.29, 0.717) is 36.4 Å². The summed E-state index contributed by atoms with van der Waals surface area (Å²) in [7, 11) is 0. The number of unbranched alkanes of at least 4 members (excludes halogenated alkanes) is 2. The minimum absolute atomic E-state index is 0.0611. The summed E-state index contributed by atoms with van der Waals surface area (Å²) in [6, 6.07) is 10.2. The van der Waals surface area contributed by atoms with Crippen LogP contribution < -0.4 is 10.6 Å². The predicted molar refractivity (Wildman–Crippen MR) is 163 cm³/mol. The average molecular weight is 572 g/mol. The number of amides is 3. The van der Waals surface area contributed by atoms with E-state index in [1.54, 1.807) is 49.6 Å². The number of hydrogen-bond acceptors (Lipinski definition) is 6. The van der Waals surface area contributed by atoms with Gasteiger partial charge in [-0.05, 0) is 88.3 Å². The zero-order valence-corrected chi connectivity index (χ0v) is 25.7. The third-order valence-corrected chi connectivity index (χ3v) is 7.03. The van der Waals surface area contributed by atoms with Gasteiger partial charge in [-0.2, -0.15) is 11.8 Å². The number of rotatable bonds is 13. The number of phenols is 1. The molecule has 220 valence electrons. The molecule has 3 amide bonds. The quantitative estimate of drug-likeness (QED) is 0.242. The van der Waals surface area contributed by atoms with Crippen molar-refractivity contribution in [1.82, 2.24) is 10.2 Å². The lowest BCUT2D eigenvalue weighted by Gasteiger charge is -2.35. The molecule has 2 unspecified atom stereocenters. The largest absolute Gasteiger partial charge is 0.508 e. The molecule has 0 saturated carbocycles. The molecule has 9 heteroatoms. The highest BCUT2D eigenvalue weighted by Crippen LogP contribution is 2.29. The molecule has 0 saturated heterocycles. The van der Waals surface area contributed by atoms with Gasteiger partial charge in [0.1, 0.15) is 23.4 Å². The van der Waals surface area contributed by atoms with Crippen LogP contribution in [0, 0.1) is 13.8 Å². The molecule has 0 aliphatic heterocycles. The number of phenolic OH excluding ortho intramolecular Hbond substituents is 1. The van der Waals surface area contributed by atoms with Gasteiger partial charge in [-0.15, -0.1) is 0 Å². The second kappa shape index (κ2) is 15.6. The Balaban J connectivity index is 2.55. The molecular weight excluding hydrogens is 526 g/mol. The number of aromatic hydroxyl groups is 1. The summed E-state index contributed by atoms with van der Waals surface area (Å²) in [6.45, 7) is 11.5. The number of para-hydroxylation sites is 1. The van der Waals surface area contributed by atoms with Crippen LogP contribution in [0.1, 0.15) is 76.1 Å². The van der Waals surface area contributed by atoms with E-state index in [1.165, 1.54) is 12.1 Å². The Kier molecular flexibility index (Phi) is 12.8. The number of carbonyl (C=O) groups is 3. The van der Waals surface area contributed by atoms with E-state index >= 15 is 0 Å². The van der Waals surface area contributed by atoms with E-state index in [0.717, 1.165) is 24.0 Å². The van der Waals surface area contributed by atoms with Gasteiger partial charge in [0.25, 0.3) is 5.91 Å². The fourth-order valence-electron chi connectivity index (χ4n) is 4.37. The third-order valence-electron chi connectivity index (χ3n) is 6.38. The van der Waals surface area contributed by atoms with E-state index < -0.39 is 23.8 Å². The van der Waals surface area contributed by atoms with Crippen LogP contribution in [-0.4, -0.2) is 58.1 Å². The van der Waals surface area contributed by atoms with Gasteiger partial charge < -0.3 is 25.4 Å². The highest BCUT2D eigenvalue weighted by Gasteiger charge is 2.36. The lowest BCUT2D eigenvalue weighted by molar-refractivity contribution is -0.141. The molecule has 0 aromatic heterocycles. The highest BCUT2D eigenvalue weighted by atomic mass is 32.2. The first-order chi connectivity index (χ1) is 18.9. The van der Waals surface area contributed by atoms with Crippen molar-refractivity contribution in [1.29, 1.82) is 0 Å². The molecular formula is C31H45N3O5S. The van der Waals surface area contributed by atoms with E-state index in [2.05, 4.69) is 17.6 Å². The number of anilines is 1. The molecule has 2 atom stereocenters. The van der Waals surface area contributed by atoms with Gasteiger partial charge in [-0.25, -0.2) is 4.79 Å². The number of thioether (sulfide) groups is 1. The fourth-order valence-corrected chi connectivity index (χ4v) is 4.85. The maximum Gasteiger partial charge on any atom is 0.408 e. The molecule has 0 fully saturated rings. The van der Waals surface area contributed by atoms with Gasteiger partial charge in [0.2, 0.25) is 5.91 Å². The molecule has 8 nitrogen and oxygen atoms in total. The van der Waals surface area contributed by atoms with Gasteiger partial charge in [0.05, 0.1) is 0 Å². The lowest BCUT2D eigenvalue weighted by Crippen LogP contribution is -2.52. The van der Waals surface area contributed by atoms with Gasteiger partial charge in [0.15, 0.2) is 0 Å². The van der Waals surface area contributed by atoms with Gasteiger partial charge >= 0.3 is 6.09 Å². The van der Waals surface area contributed by atoms with Crippen LogP contribution in [0.3, 0.4) is 0 Å². The smallest absolute Gasteiger partial charge is 0.408 e. The molecule has 0 aliphatic rings. The molecule has 2 rings (SSSR count). The molecule has 0 aliphatic carbocycles. The SMILES string of the molecule is CCCCCN(C(=O)C(CCSC)NC(=O)OC(C)(C)C)C(C(=O)Nc1c(C)cccc1C)c1ccc(O)cc1. The summed E-state index contributed by atoms with van der Waals surface area (Å²) >= 11 is 1.57. The van der Waals surface area contributed by atoms with E-state index in [1.807, 2.05) is 38.3 Å². The van der Waals surface area contributed by atoms with Gasteiger partial charge in [-0.1, -0.05) is 50.1 Å². The standard InChI is InChI=1S/C31H45N3O5S/c1-8-9-10-19-34(29(37)25(18-20-40-7)32-30(38)39-31(4,5)6)27(23-14-16-24(35)17-15-23)28(36)33-26-21(2)12-11-13-22(26)3/h11-17,25,27,35H,8-10,18-20H2,1-7H3,(H,32,38)(H,33,36). The average Bonchev–Trinajstić information content (AvgIpc) is 2.87. The molecule has 0 spiro atoms. The Morgan fingerprint density at radius 1 is 1.02 bits per heavy atom. The first-order valence-corrected chi connectivity index (χ1v) is 15.2. The molecule has 0 heterocycles. The van der Waals surface area contributed by atoms with Crippen molar-refractivity contribution in [2.75, 3.05) is 23.9 Å². The Morgan fingerprint density at radius 3 is 2.20 bits per heavy atom. The number of nitrogens with one attached hydrogen (secondary N) is 2. The summed E-state index contributed by atoms with van der Waals surface area (Å²) in [5.74, 6) is -0.0291. The third kappa shape index (κ3) is 10.1. The normalized spacial score (nSPS) is 12.8. The first-order valence-electron chi connectivity index (χ1n) is 13.8. The van der Waals surface area contributed by atoms with Crippen molar-refractivity contribution in [3.05, 3.63) is 59.2 Å². The van der Waals surface area contributed by atoms with Crippen molar-refractivity contribution in [2.45, 2.75) is 84.9 Å². The van der Waals surface area contributed by atoms with Gasteiger partial charge in [-0.3, -0.25) is 9.59 Å². The Morgan fingerprint density at radius 2 is 1.65 bits per heavy atom. The summed E-state index contributed by atoms with van der Waals surface area (Å²) in [6.07, 6.45) is 4.14. The summed E-state index contributed by atoms with van der Waals surface area (Å²) < 4.78 is 5.45. The summed E-state index contributed by atoms with van der Waals surface area (Å²) in [4.78, 5) is 42.6. The summed E-state index contributed by atoms with van der Waals surface area (Å²) in [5.41, 5.74) is 2.35. The van der Waals surface area contributed by atoms with Crippen molar-refractivity contribution in [2.24, 2.45) is 0 Å². The number of aryl methyl sites for hydroxylation is 2. The predicted octanol–water partition coefficient (Wildman–Crippen LogP) is 6.35. The molecule has 2 aromatic carbocycles. The second-order valence-electron chi connectivity index (χ2n) is 11.0. The van der Waals surface area contributed by atoms with E-state index in [-0.39, 0.29) is 17.6 Å². The number of benzene rings is 2. The van der Waals surface area contributed by atoms with Crippen LogP contribution in [-0.2, 0) is 14.3 Å². The van der Waals surface area contributed by atoms with Crippen LogP contribution in [0.2, 0.25) is 0 Å².